The number of para-hydroxylation sites is 1. The van der Waals surface area contributed by atoms with Gasteiger partial charge in [-0.25, -0.2) is 0 Å². The summed E-state index contributed by atoms with van der Waals surface area (Å²) in [4.78, 5) is 12.1. The highest BCUT2D eigenvalue weighted by Crippen LogP contribution is 2.23. The monoisotopic (exact) mass is 319 g/mol. The van der Waals surface area contributed by atoms with Crippen LogP contribution in [0.2, 0.25) is 0 Å². The van der Waals surface area contributed by atoms with E-state index in [9.17, 15) is 4.79 Å². The van der Waals surface area contributed by atoms with Gasteiger partial charge in [0.25, 0.3) is 0 Å². The lowest BCUT2D eigenvalue weighted by Gasteiger charge is -2.07. The number of carbonyl (C=O) groups is 1. The normalized spacial score (nSPS) is 10.6. The maximum atomic E-state index is 12.1. The molecule has 122 valence electrons. The summed E-state index contributed by atoms with van der Waals surface area (Å²) < 4.78 is 5.85. The molecular weight excluding hydrogens is 298 g/mol. The van der Waals surface area contributed by atoms with Crippen LogP contribution in [0.25, 0.3) is 11.3 Å². The molecule has 0 saturated carbocycles. The molecule has 0 aliphatic heterocycles. The molecule has 0 saturated heterocycles. The molecule has 0 aliphatic rings. The zero-order valence-corrected chi connectivity index (χ0v) is 14.0. The Kier molecular flexibility index (Phi) is 4.80. The molecule has 1 heterocycles. The zero-order chi connectivity index (χ0) is 16.9. The lowest BCUT2D eigenvalue weighted by Crippen LogP contribution is -2.12. The number of furan rings is 1. The van der Waals surface area contributed by atoms with Gasteiger partial charge in [-0.05, 0) is 37.6 Å². The van der Waals surface area contributed by atoms with Gasteiger partial charge in [-0.2, -0.15) is 0 Å². The second-order valence-electron chi connectivity index (χ2n) is 6.00. The largest absolute Gasteiger partial charge is 0.461 e. The number of hydrogen-bond acceptors (Lipinski definition) is 2. The highest BCUT2D eigenvalue weighted by Gasteiger charge is 2.08. The predicted octanol–water partition coefficient (Wildman–Crippen LogP) is 5.13. The van der Waals surface area contributed by atoms with Gasteiger partial charge in [0.1, 0.15) is 11.5 Å². The molecule has 3 aromatic rings. The van der Waals surface area contributed by atoms with E-state index in [4.69, 9.17) is 4.42 Å². The van der Waals surface area contributed by atoms with Crippen LogP contribution in [-0.4, -0.2) is 5.91 Å². The van der Waals surface area contributed by atoms with E-state index in [0.717, 1.165) is 28.3 Å². The number of amides is 1. The molecule has 3 nitrogen and oxygen atoms in total. The zero-order valence-electron chi connectivity index (χ0n) is 14.0. The van der Waals surface area contributed by atoms with Crippen LogP contribution < -0.4 is 5.32 Å². The smallest absolute Gasteiger partial charge is 0.224 e. The Labute approximate surface area is 142 Å². The number of anilines is 1. The van der Waals surface area contributed by atoms with Crippen LogP contribution in [0.1, 0.15) is 23.3 Å². The van der Waals surface area contributed by atoms with Gasteiger partial charge in [0.15, 0.2) is 0 Å². The first-order valence-corrected chi connectivity index (χ1v) is 8.13. The van der Waals surface area contributed by atoms with Crippen molar-refractivity contribution in [3.63, 3.8) is 0 Å². The van der Waals surface area contributed by atoms with Gasteiger partial charge in [0.05, 0.1) is 0 Å². The summed E-state index contributed by atoms with van der Waals surface area (Å²) >= 11 is 0. The number of hydrogen-bond donors (Lipinski definition) is 1. The maximum absolute atomic E-state index is 12.1. The van der Waals surface area contributed by atoms with Crippen molar-refractivity contribution in [1.82, 2.24) is 0 Å². The van der Waals surface area contributed by atoms with Gasteiger partial charge in [0, 0.05) is 24.1 Å². The van der Waals surface area contributed by atoms with E-state index in [1.807, 2.05) is 55.5 Å². The van der Waals surface area contributed by atoms with Gasteiger partial charge in [-0.3, -0.25) is 4.79 Å². The van der Waals surface area contributed by atoms with E-state index in [0.29, 0.717) is 12.8 Å². The molecule has 0 aliphatic carbocycles. The van der Waals surface area contributed by atoms with Gasteiger partial charge >= 0.3 is 0 Å². The average molecular weight is 319 g/mol. The first kappa shape index (κ1) is 16.1. The first-order chi connectivity index (χ1) is 11.6. The highest BCUT2D eigenvalue weighted by molar-refractivity contribution is 5.91. The Balaban J connectivity index is 1.58. The van der Waals surface area contributed by atoms with Crippen LogP contribution in [0.15, 0.2) is 65.1 Å². The third kappa shape index (κ3) is 3.93. The van der Waals surface area contributed by atoms with E-state index in [1.54, 1.807) is 0 Å². The fraction of sp³-hybridized carbons (Fsp3) is 0.190. The van der Waals surface area contributed by atoms with Crippen molar-refractivity contribution in [3.05, 3.63) is 77.6 Å². The van der Waals surface area contributed by atoms with Crippen molar-refractivity contribution in [2.24, 2.45) is 0 Å². The third-order valence-electron chi connectivity index (χ3n) is 4.02. The second-order valence-corrected chi connectivity index (χ2v) is 6.00. The molecule has 0 radical (unpaired) electrons. The molecule has 3 rings (SSSR count). The van der Waals surface area contributed by atoms with Crippen LogP contribution >= 0.6 is 0 Å². The predicted molar refractivity (Wildman–Crippen MR) is 97.0 cm³/mol. The summed E-state index contributed by atoms with van der Waals surface area (Å²) in [5, 5.41) is 2.94. The standard InChI is InChI=1S/C21H21NO2/c1-15-7-9-17(10-8-15)20-13-11-18(24-20)12-14-21(23)22-19-6-4-3-5-16(19)2/h3-11,13H,12,14H2,1-2H3,(H,22,23). The molecule has 3 heteroatoms. The summed E-state index contributed by atoms with van der Waals surface area (Å²) in [5.41, 5.74) is 4.20. The Morgan fingerprint density at radius 2 is 1.71 bits per heavy atom. The molecule has 1 amide bonds. The number of benzene rings is 2. The third-order valence-corrected chi connectivity index (χ3v) is 4.02. The van der Waals surface area contributed by atoms with Gasteiger partial charge in [-0.15, -0.1) is 0 Å². The minimum absolute atomic E-state index is 0.00224. The van der Waals surface area contributed by atoms with Crippen molar-refractivity contribution < 1.29 is 9.21 Å². The van der Waals surface area contributed by atoms with Crippen LogP contribution in [0, 0.1) is 13.8 Å². The van der Waals surface area contributed by atoms with Crippen molar-refractivity contribution in [2.45, 2.75) is 26.7 Å². The molecule has 0 bridgehead atoms. The molecule has 0 spiro atoms. The van der Waals surface area contributed by atoms with Crippen LogP contribution in [0.5, 0.6) is 0 Å². The second kappa shape index (κ2) is 7.18. The van der Waals surface area contributed by atoms with Crippen molar-refractivity contribution in [3.8, 4) is 11.3 Å². The summed E-state index contributed by atoms with van der Waals surface area (Å²) in [6.07, 6.45) is 0.985. The Morgan fingerprint density at radius 3 is 2.46 bits per heavy atom. The fourth-order valence-electron chi connectivity index (χ4n) is 2.55. The van der Waals surface area contributed by atoms with E-state index in [1.165, 1.54) is 5.56 Å². The highest BCUT2D eigenvalue weighted by atomic mass is 16.3. The molecule has 0 fully saturated rings. The SMILES string of the molecule is Cc1ccc(-c2ccc(CCC(=O)Nc3ccccc3C)o2)cc1. The Hall–Kier alpha value is -2.81. The van der Waals surface area contributed by atoms with Crippen LogP contribution in [0.3, 0.4) is 0 Å². The Morgan fingerprint density at radius 1 is 0.958 bits per heavy atom. The number of rotatable bonds is 5. The van der Waals surface area contributed by atoms with Gasteiger partial charge in [-0.1, -0.05) is 48.0 Å². The summed E-state index contributed by atoms with van der Waals surface area (Å²) in [6.45, 7) is 4.04. The summed E-state index contributed by atoms with van der Waals surface area (Å²) in [6, 6.07) is 19.9. The Bertz CT molecular complexity index is 831. The van der Waals surface area contributed by atoms with E-state index in [-0.39, 0.29) is 5.91 Å². The first-order valence-electron chi connectivity index (χ1n) is 8.13. The number of nitrogens with one attached hydrogen (secondary N) is 1. The van der Waals surface area contributed by atoms with Gasteiger partial charge < -0.3 is 9.73 Å². The number of aryl methyl sites for hydroxylation is 3. The molecule has 1 aromatic heterocycles. The van der Waals surface area contributed by atoms with E-state index >= 15 is 0 Å². The molecular formula is C21H21NO2. The molecule has 1 N–H and O–H groups in total. The van der Waals surface area contributed by atoms with Crippen molar-refractivity contribution in [2.75, 3.05) is 5.32 Å². The van der Waals surface area contributed by atoms with Crippen molar-refractivity contribution >= 4 is 11.6 Å². The van der Waals surface area contributed by atoms with Crippen LogP contribution in [0.4, 0.5) is 5.69 Å². The molecule has 0 atom stereocenters. The van der Waals surface area contributed by atoms with E-state index in [2.05, 4.69) is 24.4 Å². The minimum Gasteiger partial charge on any atom is -0.461 e. The average Bonchev–Trinajstić information content (AvgIpc) is 3.05. The summed E-state index contributed by atoms with van der Waals surface area (Å²) in [7, 11) is 0. The molecule has 0 unspecified atom stereocenters. The van der Waals surface area contributed by atoms with Crippen LogP contribution in [-0.2, 0) is 11.2 Å². The minimum atomic E-state index is -0.00224. The van der Waals surface area contributed by atoms with Gasteiger partial charge in [0.2, 0.25) is 5.91 Å². The lowest BCUT2D eigenvalue weighted by molar-refractivity contribution is -0.116. The molecule has 2 aromatic carbocycles. The summed E-state index contributed by atoms with van der Waals surface area (Å²) in [5.74, 6) is 1.66. The topological polar surface area (TPSA) is 42.2 Å². The quantitative estimate of drug-likeness (QED) is 0.708. The fourth-order valence-corrected chi connectivity index (χ4v) is 2.55. The maximum Gasteiger partial charge on any atom is 0.224 e. The lowest BCUT2D eigenvalue weighted by atomic mass is 10.1. The van der Waals surface area contributed by atoms with Crippen molar-refractivity contribution in [1.29, 1.82) is 0 Å². The number of carbonyl (C=O) groups excluding carboxylic acids is 1. The van der Waals surface area contributed by atoms with E-state index < -0.39 is 0 Å². The molecule has 24 heavy (non-hydrogen) atoms.